The fourth-order valence-electron chi connectivity index (χ4n) is 1.47. The average molecular weight is 242 g/mol. The third-order valence-electron chi connectivity index (χ3n) is 2.19. The van der Waals surface area contributed by atoms with Crippen LogP contribution >= 0.6 is 15.9 Å². The molecule has 0 aliphatic heterocycles. The number of hydrogen-bond donors (Lipinski definition) is 0. The minimum atomic E-state index is 1.02. The molecule has 1 nitrogen and oxygen atoms in total. The molecule has 72 valence electrons. The smallest absolute Gasteiger partial charge is 0.0396 e. The van der Waals surface area contributed by atoms with Gasteiger partial charge in [0.25, 0.3) is 0 Å². The number of para-hydroxylation sites is 1. The number of aryl methyl sites for hydroxylation is 1. The SMILES string of the molecule is CCN(CCBr)c1ccccc1C. The van der Waals surface area contributed by atoms with E-state index in [9.17, 15) is 0 Å². The molecule has 1 aromatic carbocycles. The quantitative estimate of drug-likeness (QED) is 0.733. The number of benzene rings is 1. The molecule has 0 radical (unpaired) electrons. The summed E-state index contributed by atoms with van der Waals surface area (Å²) >= 11 is 3.47. The van der Waals surface area contributed by atoms with Gasteiger partial charge in [-0.15, -0.1) is 0 Å². The molecule has 0 amide bonds. The van der Waals surface area contributed by atoms with Crippen molar-refractivity contribution in [1.29, 1.82) is 0 Å². The summed E-state index contributed by atoms with van der Waals surface area (Å²) < 4.78 is 0. The van der Waals surface area contributed by atoms with E-state index in [2.05, 4.69) is 58.9 Å². The number of anilines is 1. The molecule has 2 heteroatoms. The number of alkyl halides is 1. The summed E-state index contributed by atoms with van der Waals surface area (Å²) in [7, 11) is 0. The second kappa shape index (κ2) is 5.28. The second-order valence-electron chi connectivity index (χ2n) is 3.06. The summed E-state index contributed by atoms with van der Waals surface area (Å²) in [6.45, 7) is 6.49. The van der Waals surface area contributed by atoms with E-state index in [1.165, 1.54) is 11.3 Å². The first-order valence-corrected chi connectivity index (χ1v) is 5.78. The predicted molar refractivity (Wildman–Crippen MR) is 62.9 cm³/mol. The van der Waals surface area contributed by atoms with E-state index in [4.69, 9.17) is 0 Å². The number of halogens is 1. The van der Waals surface area contributed by atoms with Gasteiger partial charge < -0.3 is 4.90 Å². The van der Waals surface area contributed by atoms with E-state index in [-0.39, 0.29) is 0 Å². The van der Waals surface area contributed by atoms with Crippen molar-refractivity contribution >= 4 is 21.6 Å². The van der Waals surface area contributed by atoms with Crippen molar-refractivity contribution in [1.82, 2.24) is 0 Å². The monoisotopic (exact) mass is 241 g/mol. The Labute approximate surface area is 88.9 Å². The summed E-state index contributed by atoms with van der Waals surface area (Å²) in [4.78, 5) is 2.38. The zero-order valence-corrected chi connectivity index (χ0v) is 9.84. The van der Waals surface area contributed by atoms with Crippen molar-refractivity contribution in [2.45, 2.75) is 13.8 Å². The molecule has 0 aliphatic carbocycles. The maximum atomic E-state index is 3.47. The molecule has 0 bridgehead atoms. The third-order valence-corrected chi connectivity index (χ3v) is 2.55. The maximum Gasteiger partial charge on any atom is 0.0396 e. The van der Waals surface area contributed by atoms with Gasteiger partial charge in [0.2, 0.25) is 0 Å². The van der Waals surface area contributed by atoms with Crippen molar-refractivity contribution in [2.24, 2.45) is 0 Å². The first-order chi connectivity index (χ1) is 6.29. The summed E-state index contributed by atoms with van der Waals surface area (Å²) in [6, 6.07) is 8.52. The standard InChI is InChI=1S/C11H16BrN/c1-3-13(9-8-12)11-7-5-4-6-10(11)2/h4-7H,3,8-9H2,1-2H3. The van der Waals surface area contributed by atoms with Gasteiger partial charge in [0.05, 0.1) is 0 Å². The van der Waals surface area contributed by atoms with Gasteiger partial charge in [-0.25, -0.2) is 0 Å². The molecule has 0 saturated carbocycles. The van der Waals surface area contributed by atoms with E-state index >= 15 is 0 Å². The Kier molecular flexibility index (Phi) is 4.29. The van der Waals surface area contributed by atoms with Gasteiger partial charge in [-0.05, 0) is 25.5 Å². The molecule has 0 saturated heterocycles. The lowest BCUT2D eigenvalue weighted by Gasteiger charge is -2.23. The minimum absolute atomic E-state index is 1.02. The Morgan fingerprint density at radius 1 is 1.31 bits per heavy atom. The molecule has 0 heterocycles. The number of rotatable bonds is 4. The molecule has 0 atom stereocenters. The molecule has 0 N–H and O–H groups in total. The van der Waals surface area contributed by atoms with E-state index in [1.54, 1.807) is 0 Å². The van der Waals surface area contributed by atoms with Gasteiger partial charge in [-0.1, -0.05) is 34.1 Å². The van der Waals surface area contributed by atoms with Crippen LogP contribution in [0.3, 0.4) is 0 Å². The van der Waals surface area contributed by atoms with Gasteiger partial charge >= 0.3 is 0 Å². The molecule has 1 aromatic rings. The van der Waals surface area contributed by atoms with Gasteiger partial charge in [-0.2, -0.15) is 0 Å². The first kappa shape index (κ1) is 10.6. The van der Waals surface area contributed by atoms with Crippen LogP contribution in [0.1, 0.15) is 12.5 Å². The van der Waals surface area contributed by atoms with Crippen molar-refractivity contribution in [3.05, 3.63) is 29.8 Å². The van der Waals surface area contributed by atoms with Crippen molar-refractivity contribution in [2.75, 3.05) is 23.3 Å². The van der Waals surface area contributed by atoms with Crippen LogP contribution in [0.5, 0.6) is 0 Å². The zero-order valence-electron chi connectivity index (χ0n) is 8.26. The Morgan fingerprint density at radius 3 is 2.54 bits per heavy atom. The highest BCUT2D eigenvalue weighted by Gasteiger charge is 2.04. The van der Waals surface area contributed by atoms with Crippen LogP contribution in [0.25, 0.3) is 0 Å². The van der Waals surface area contributed by atoms with E-state index in [0.717, 1.165) is 18.4 Å². The molecular weight excluding hydrogens is 226 g/mol. The van der Waals surface area contributed by atoms with E-state index in [1.807, 2.05) is 0 Å². The van der Waals surface area contributed by atoms with Gasteiger partial charge in [-0.3, -0.25) is 0 Å². The third kappa shape index (κ3) is 2.73. The largest absolute Gasteiger partial charge is 0.371 e. The van der Waals surface area contributed by atoms with Crippen LogP contribution in [0.4, 0.5) is 5.69 Å². The predicted octanol–water partition coefficient (Wildman–Crippen LogP) is 3.22. The number of nitrogens with zero attached hydrogens (tertiary/aromatic N) is 1. The Hall–Kier alpha value is -0.500. The highest BCUT2D eigenvalue weighted by molar-refractivity contribution is 9.09. The molecular formula is C11H16BrN. The zero-order chi connectivity index (χ0) is 9.68. The van der Waals surface area contributed by atoms with Gasteiger partial charge in [0, 0.05) is 24.1 Å². The second-order valence-corrected chi connectivity index (χ2v) is 3.85. The molecule has 0 spiro atoms. The minimum Gasteiger partial charge on any atom is -0.371 e. The summed E-state index contributed by atoms with van der Waals surface area (Å²) in [5.74, 6) is 0. The highest BCUT2D eigenvalue weighted by Crippen LogP contribution is 2.18. The summed E-state index contributed by atoms with van der Waals surface area (Å²) in [5, 5.41) is 1.02. The molecule has 0 fully saturated rings. The van der Waals surface area contributed by atoms with Crippen LogP contribution in [0.2, 0.25) is 0 Å². The molecule has 13 heavy (non-hydrogen) atoms. The summed E-state index contributed by atoms with van der Waals surface area (Å²) in [5.41, 5.74) is 2.70. The highest BCUT2D eigenvalue weighted by atomic mass is 79.9. The summed E-state index contributed by atoms with van der Waals surface area (Å²) in [6.07, 6.45) is 0. The fraction of sp³-hybridized carbons (Fsp3) is 0.455. The number of hydrogen-bond acceptors (Lipinski definition) is 1. The Bertz CT molecular complexity index is 260. The Morgan fingerprint density at radius 2 is 2.00 bits per heavy atom. The molecule has 0 unspecified atom stereocenters. The van der Waals surface area contributed by atoms with Crippen LogP contribution in [0.15, 0.2) is 24.3 Å². The van der Waals surface area contributed by atoms with Crippen molar-refractivity contribution in [3.8, 4) is 0 Å². The Balaban J connectivity index is 2.84. The van der Waals surface area contributed by atoms with Gasteiger partial charge in [0.15, 0.2) is 0 Å². The van der Waals surface area contributed by atoms with Crippen LogP contribution in [0, 0.1) is 6.92 Å². The fourth-order valence-corrected chi connectivity index (χ4v) is 1.90. The van der Waals surface area contributed by atoms with E-state index < -0.39 is 0 Å². The lowest BCUT2D eigenvalue weighted by molar-refractivity contribution is 0.871. The molecule has 0 aliphatic rings. The molecule has 0 aromatic heterocycles. The topological polar surface area (TPSA) is 3.24 Å². The van der Waals surface area contributed by atoms with E-state index in [0.29, 0.717) is 0 Å². The maximum absolute atomic E-state index is 3.47. The molecule has 1 rings (SSSR count). The lowest BCUT2D eigenvalue weighted by atomic mass is 10.2. The van der Waals surface area contributed by atoms with Crippen LogP contribution < -0.4 is 4.90 Å². The van der Waals surface area contributed by atoms with Crippen molar-refractivity contribution in [3.63, 3.8) is 0 Å². The lowest BCUT2D eigenvalue weighted by Crippen LogP contribution is -2.25. The van der Waals surface area contributed by atoms with Crippen molar-refractivity contribution < 1.29 is 0 Å². The van der Waals surface area contributed by atoms with Crippen LogP contribution in [-0.4, -0.2) is 18.4 Å². The van der Waals surface area contributed by atoms with Crippen LogP contribution in [-0.2, 0) is 0 Å². The average Bonchev–Trinajstić information content (AvgIpc) is 2.16. The van der Waals surface area contributed by atoms with Gasteiger partial charge in [0.1, 0.15) is 0 Å². The first-order valence-electron chi connectivity index (χ1n) is 4.66. The normalized spacial score (nSPS) is 10.1.